The first-order chi connectivity index (χ1) is 9.37. The van der Waals surface area contributed by atoms with Crippen molar-refractivity contribution in [3.8, 4) is 5.75 Å². The van der Waals surface area contributed by atoms with E-state index in [2.05, 4.69) is 0 Å². The van der Waals surface area contributed by atoms with Crippen LogP contribution in [0.1, 0.15) is 31.2 Å². The van der Waals surface area contributed by atoms with Crippen LogP contribution in [-0.4, -0.2) is 17.5 Å². The second-order valence-electron chi connectivity index (χ2n) is 5.16. The zero-order valence-electron chi connectivity index (χ0n) is 10.9. The molecule has 112 valence electrons. The van der Waals surface area contributed by atoms with Gasteiger partial charge in [-0.2, -0.15) is 13.2 Å². The van der Waals surface area contributed by atoms with Crippen LogP contribution in [0.2, 0.25) is 0 Å². The van der Waals surface area contributed by atoms with Gasteiger partial charge < -0.3 is 10.5 Å². The Kier molecular flexibility index (Phi) is 4.49. The largest absolute Gasteiger partial charge is 0.488 e. The zero-order chi connectivity index (χ0) is 14.8. The SMILES string of the molecule is NC1(CCCl)CCCC1Oc1ccccc1C(F)(F)F. The highest BCUT2D eigenvalue weighted by atomic mass is 35.5. The third-order valence-corrected chi connectivity index (χ3v) is 3.96. The van der Waals surface area contributed by atoms with Crippen molar-refractivity contribution < 1.29 is 17.9 Å². The number of ether oxygens (including phenoxy) is 1. The van der Waals surface area contributed by atoms with Gasteiger partial charge in [0.2, 0.25) is 0 Å². The number of nitrogens with two attached hydrogens (primary N) is 1. The van der Waals surface area contributed by atoms with Gasteiger partial charge in [-0.1, -0.05) is 12.1 Å². The lowest BCUT2D eigenvalue weighted by Crippen LogP contribution is -2.50. The quantitative estimate of drug-likeness (QED) is 0.854. The Morgan fingerprint density at radius 3 is 2.70 bits per heavy atom. The Balaban J connectivity index is 2.22. The highest BCUT2D eigenvalue weighted by Gasteiger charge is 2.42. The summed E-state index contributed by atoms with van der Waals surface area (Å²) in [6.07, 6.45) is -2.11. The van der Waals surface area contributed by atoms with E-state index in [4.69, 9.17) is 22.1 Å². The molecule has 1 aromatic carbocycles. The van der Waals surface area contributed by atoms with Crippen molar-refractivity contribution in [2.45, 2.75) is 43.5 Å². The molecule has 6 heteroatoms. The van der Waals surface area contributed by atoms with E-state index in [9.17, 15) is 13.2 Å². The molecule has 1 aliphatic rings. The number of rotatable bonds is 4. The van der Waals surface area contributed by atoms with Crippen molar-refractivity contribution in [3.63, 3.8) is 0 Å². The van der Waals surface area contributed by atoms with Gasteiger partial charge in [-0.3, -0.25) is 0 Å². The standard InChI is InChI=1S/C14H17ClF3NO/c15-9-8-13(19)7-3-6-12(13)20-11-5-2-1-4-10(11)14(16,17)18/h1-2,4-5,12H,3,6-9,19H2. The van der Waals surface area contributed by atoms with Gasteiger partial charge >= 0.3 is 6.18 Å². The summed E-state index contributed by atoms with van der Waals surface area (Å²) < 4.78 is 44.4. The fourth-order valence-electron chi connectivity index (χ4n) is 2.66. The van der Waals surface area contributed by atoms with Crippen LogP contribution in [0.4, 0.5) is 13.2 Å². The molecule has 2 N–H and O–H groups in total. The van der Waals surface area contributed by atoms with Gasteiger partial charge in [-0.15, -0.1) is 11.6 Å². The Hall–Kier alpha value is -0.940. The van der Waals surface area contributed by atoms with Crippen molar-refractivity contribution in [2.24, 2.45) is 5.73 Å². The molecule has 2 nitrogen and oxygen atoms in total. The summed E-state index contributed by atoms with van der Waals surface area (Å²) in [5, 5.41) is 0. The number of hydrogen-bond donors (Lipinski definition) is 1. The minimum atomic E-state index is -4.43. The van der Waals surface area contributed by atoms with Crippen molar-refractivity contribution in [2.75, 3.05) is 5.88 Å². The average molecular weight is 308 g/mol. The Morgan fingerprint density at radius 2 is 2.05 bits per heavy atom. The molecule has 0 aromatic heterocycles. The van der Waals surface area contributed by atoms with E-state index in [0.29, 0.717) is 18.7 Å². The number of benzene rings is 1. The molecular formula is C14H17ClF3NO. The summed E-state index contributed by atoms with van der Waals surface area (Å²) in [6.45, 7) is 0. The first-order valence-corrected chi connectivity index (χ1v) is 7.08. The van der Waals surface area contributed by atoms with Crippen LogP contribution in [0, 0.1) is 0 Å². The van der Waals surface area contributed by atoms with Gasteiger partial charge in [-0.05, 0) is 37.8 Å². The average Bonchev–Trinajstić information content (AvgIpc) is 2.71. The summed E-state index contributed by atoms with van der Waals surface area (Å²) in [6, 6.07) is 5.23. The molecule has 1 aromatic rings. The number of halogens is 4. The van der Waals surface area contributed by atoms with E-state index in [0.717, 1.165) is 18.9 Å². The van der Waals surface area contributed by atoms with Gasteiger partial charge in [0.15, 0.2) is 0 Å². The lowest BCUT2D eigenvalue weighted by atomic mass is 9.93. The van der Waals surface area contributed by atoms with Gasteiger partial charge in [0.05, 0.1) is 11.1 Å². The molecule has 2 unspecified atom stereocenters. The van der Waals surface area contributed by atoms with Gasteiger partial charge in [0.1, 0.15) is 11.9 Å². The van der Waals surface area contributed by atoms with E-state index in [-0.39, 0.29) is 5.75 Å². The molecule has 0 saturated heterocycles. The smallest absolute Gasteiger partial charge is 0.419 e. The lowest BCUT2D eigenvalue weighted by Gasteiger charge is -2.31. The minimum absolute atomic E-state index is 0.156. The number of alkyl halides is 4. The second kappa shape index (κ2) is 5.82. The topological polar surface area (TPSA) is 35.2 Å². The molecule has 2 rings (SSSR count). The zero-order valence-corrected chi connectivity index (χ0v) is 11.7. The molecule has 0 bridgehead atoms. The van der Waals surface area contributed by atoms with Crippen molar-refractivity contribution in [1.82, 2.24) is 0 Å². The van der Waals surface area contributed by atoms with E-state index < -0.39 is 23.4 Å². The minimum Gasteiger partial charge on any atom is -0.488 e. The first-order valence-electron chi connectivity index (χ1n) is 6.54. The fourth-order valence-corrected chi connectivity index (χ4v) is 3.01. The molecule has 0 heterocycles. The molecule has 0 amide bonds. The van der Waals surface area contributed by atoms with Crippen molar-refractivity contribution in [1.29, 1.82) is 0 Å². The lowest BCUT2D eigenvalue weighted by molar-refractivity contribution is -0.139. The monoisotopic (exact) mass is 307 g/mol. The molecule has 0 spiro atoms. The third kappa shape index (κ3) is 3.20. The molecule has 1 fully saturated rings. The molecule has 2 atom stereocenters. The normalized spacial score (nSPS) is 26.8. The molecule has 20 heavy (non-hydrogen) atoms. The number of hydrogen-bond acceptors (Lipinski definition) is 2. The second-order valence-corrected chi connectivity index (χ2v) is 5.54. The van der Waals surface area contributed by atoms with Crippen molar-refractivity contribution in [3.05, 3.63) is 29.8 Å². The summed E-state index contributed by atoms with van der Waals surface area (Å²) in [5.41, 5.74) is 4.83. The predicted octanol–water partition coefficient (Wildman–Crippen LogP) is 3.96. The maximum atomic E-state index is 12.9. The van der Waals surface area contributed by atoms with Crippen LogP contribution in [-0.2, 0) is 6.18 Å². The van der Waals surface area contributed by atoms with Crippen LogP contribution >= 0.6 is 11.6 Å². The maximum Gasteiger partial charge on any atom is 0.419 e. The summed E-state index contributed by atoms with van der Waals surface area (Å²) in [7, 11) is 0. The fraction of sp³-hybridized carbons (Fsp3) is 0.571. The maximum absolute atomic E-state index is 12.9. The van der Waals surface area contributed by atoms with Crippen LogP contribution in [0.5, 0.6) is 5.75 Å². The first kappa shape index (κ1) is 15.4. The van der Waals surface area contributed by atoms with Crippen LogP contribution in [0.15, 0.2) is 24.3 Å². The molecule has 1 saturated carbocycles. The van der Waals surface area contributed by atoms with Crippen molar-refractivity contribution >= 4 is 11.6 Å². The van der Waals surface area contributed by atoms with Crippen LogP contribution in [0.3, 0.4) is 0 Å². The molecule has 0 aliphatic heterocycles. The van der Waals surface area contributed by atoms with Crippen LogP contribution in [0.25, 0.3) is 0 Å². The van der Waals surface area contributed by atoms with E-state index >= 15 is 0 Å². The van der Waals surface area contributed by atoms with E-state index in [1.807, 2.05) is 0 Å². The highest BCUT2D eigenvalue weighted by molar-refractivity contribution is 6.17. The number of para-hydroxylation sites is 1. The van der Waals surface area contributed by atoms with Crippen LogP contribution < -0.4 is 10.5 Å². The summed E-state index contributed by atoms with van der Waals surface area (Å²) >= 11 is 5.73. The Labute approximate surface area is 121 Å². The third-order valence-electron chi connectivity index (χ3n) is 3.77. The summed E-state index contributed by atoms with van der Waals surface area (Å²) in [5.74, 6) is 0.216. The van der Waals surface area contributed by atoms with Gasteiger partial charge in [-0.25, -0.2) is 0 Å². The summed E-state index contributed by atoms with van der Waals surface area (Å²) in [4.78, 5) is 0. The highest BCUT2D eigenvalue weighted by Crippen LogP contribution is 2.39. The molecular weight excluding hydrogens is 291 g/mol. The van der Waals surface area contributed by atoms with Gasteiger partial charge in [0.25, 0.3) is 0 Å². The molecule has 0 radical (unpaired) electrons. The molecule has 1 aliphatic carbocycles. The Morgan fingerprint density at radius 1 is 1.35 bits per heavy atom. The van der Waals surface area contributed by atoms with E-state index in [1.165, 1.54) is 18.2 Å². The predicted molar refractivity (Wildman–Crippen MR) is 72.0 cm³/mol. The van der Waals surface area contributed by atoms with Gasteiger partial charge in [0, 0.05) is 5.88 Å². The van der Waals surface area contributed by atoms with E-state index in [1.54, 1.807) is 0 Å². The Bertz CT molecular complexity index is 466.